The fourth-order valence-corrected chi connectivity index (χ4v) is 5.32. The van der Waals surface area contributed by atoms with E-state index in [9.17, 15) is 14.2 Å². The number of rotatable bonds is 9. The van der Waals surface area contributed by atoms with Crippen LogP contribution in [0.1, 0.15) is 78.7 Å². The lowest BCUT2D eigenvalue weighted by molar-refractivity contribution is 0.0641. The number of aromatic amines is 1. The van der Waals surface area contributed by atoms with E-state index in [0.29, 0.717) is 5.92 Å². The summed E-state index contributed by atoms with van der Waals surface area (Å²) in [7, 11) is -1.67. The number of hydrogen-bond donors (Lipinski definition) is 1. The van der Waals surface area contributed by atoms with Crippen LogP contribution in [0.25, 0.3) is 0 Å². The van der Waals surface area contributed by atoms with Gasteiger partial charge in [0.05, 0.1) is 0 Å². The molecule has 0 aromatic carbocycles. The molecule has 26 heavy (non-hydrogen) atoms. The molecule has 1 N–H and O–H groups in total. The van der Waals surface area contributed by atoms with E-state index in [2.05, 4.69) is 32.7 Å². The molecule has 1 aromatic rings. The molecule has 1 saturated carbocycles. The molecule has 1 aliphatic rings. The molecule has 2 rings (SSSR count). The van der Waals surface area contributed by atoms with Gasteiger partial charge in [0, 0.05) is 18.3 Å². The normalized spacial score (nSPS) is 23.2. The molecule has 4 atom stereocenters. The van der Waals surface area contributed by atoms with Crippen LogP contribution >= 0.6 is 8.03 Å². The average Bonchev–Trinajstić information content (AvgIpc) is 3.03. The Hall–Kier alpha value is -1.26. The third kappa shape index (κ3) is 5.14. The molecule has 0 aliphatic heterocycles. The smallest absolute Gasteiger partial charge is 0.298 e. The van der Waals surface area contributed by atoms with Gasteiger partial charge in [0.2, 0.25) is 0 Å². The summed E-state index contributed by atoms with van der Waals surface area (Å²) in [6.45, 7) is 8.24. The molecular weight excluding hydrogens is 351 g/mol. The fraction of sp³-hybridized carbons (Fsp3) is 0.789. The van der Waals surface area contributed by atoms with Gasteiger partial charge in [0.1, 0.15) is 5.60 Å². The molecule has 1 aliphatic carbocycles. The number of hydrogen-bond acceptors (Lipinski definition) is 4. The lowest BCUT2D eigenvalue weighted by Crippen LogP contribution is -2.31. The summed E-state index contributed by atoms with van der Waals surface area (Å²) < 4.78 is 20.3. The van der Waals surface area contributed by atoms with Crippen molar-refractivity contribution in [2.24, 2.45) is 5.92 Å². The van der Waals surface area contributed by atoms with Crippen molar-refractivity contribution in [1.82, 2.24) is 9.55 Å². The Morgan fingerprint density at radius 2 is 2.00 bits per heavy atom. The minimum atomic E-state index is -1.67. The molecular formula is C19H32N2O4P+. The molecule has 2 unspecified atom stereocenters. The van der Waals surface area contributed by atoms with Crippen LogP contribution in [-0.2, 0) is 9.09 Å². The topological polar surface area (TPSA) is 81.2 Å². The van der Waals surface area contributed by atoms with Gasteiger partial charge >= 0.3 is 13.7 Å². The van der Waals surface area contributed by atoms with Crippen molar-refractivity contribution >= 4 is 8.03 Å². The quantitative estimate of drug-likeness (QED) is 0.642. The average molecular weight is 383 g/mol. The summed E-state index contributed by atoms with van der Waals surface area (Å²) in [5, 5.41) is 0. The Kier molecular flexibility index (Phi) is 7.36. The maximum absolute atomic E-state index is 12.6. The minimum Gasteiger partial charge on any atom is -0.298 e. The zero-order valence-corrected chi connectivity index (χ0v) is 17.3. The molecule has 1 heterocycles. The van der Waals surface area contributed by atoms with Gasteiger partial charge in [0.15, 0.2) is 5.66 Å². The van der Waals surface area contributed by atoms with E-state index < -0.39 is 13.6 Å². The van der Waals surface area contributed by atoms with E-state index in [1.165, 1.54) is 6.07 Å². The van der Waals surface area contributed by atoms with E-state index >= 15 is 0 Å². The second-order valence-corrected chi connectivity index (χ2v) is 9.19. The molecule has 146 valence electrons. The van der Waals surface area contributed by atoms with Crippen molar-refractivity contribution in [1.29, 1.82) is 0 Å². The molecule has 0 saturated heterocycles. The summed E-state index contributed by atoms with van der Waals surface area (Å²) in [4.78, 5) is 25.6. The Balaban J connectivity index is 2.01. The lowest BCUT2D eigenvalue weighted by atomic mass is 9.89. The first-order chi connectivity index (χ1) is 12.3. The summed E-state index contributed by atoms with van der Waals surface area (Å²) in [6.07, 6.45) is 7.79. The molecule has 6 nitrogen and oxygen atoms in total. The Morgan fingerprint density at radius 1 is 1.31 bits per heavy atom. The first kappa shape index (κ1) is 21.0. The third-order valence-electron chi connectivity index (χ3n) is 5.78. The van der Waals surface area contributed by atoms with E-state index in [1.807, 2.05) is 0 Å². The molecule has 1 aromatic heterocycles. The standard InChI is InChI=1S/C19H31N2O4P/c1-5-16(6-2)26(24)25-19(4,7-3)13-14-8-9-15(12-14)21-11-10-17(22)20-18(21)23/h10-11,14-16H,5-9,12-13H2,1-4H3/p+1/t14-,15?,19+/m1/s1. The van der Waals surface area contributed by atoms with Crippen molar-refractivity contribution in [2.75, 3.05) is 0 Å². The lowest BCUT2D eigenvalue weighted by Gasteiger charge is -2.26. The van der Waals surface area contributed by atoms with Gasteiger partial charge in [-0.15, -0.1) is 4.52 Å². The van der Waals surface area contributed by atoms with Crippen LogP contribution in [0.2, 0.25) is 0 Å². The van der Waals surface area contributed by atoms with E-state index in [1.54, 1.807) is 10.8 Å². The Morgan fingerprint density at radius 3 is 2.58 bits per heavy atom. The van der Waals surface area contributed by atoms with E-state index in [4.69, 9.17) is 4.52 Å². The third-order valence-corrected chi connectivity index (χ3v) is 7.72. The monoisotopic (exact) mass is 383 g/mol. The first-order valence-corrected chi connectivity index (χ1v) is 11.0. The maximum Gasteiger partial charge on any atom is 0.511 e. The number of aromatic nitrogens is 2. The van der Waals surface area contributed by atoms with Crippen LogP contribution in [0.5, 0.6) is 0 Å². The van der Waals surface area contributed by atoms with Crippen molar-refractivity contribution in [3.8, 4) is 0 Å². The van der Waals surface area contributed by atoms with Crippen molar-refractivity contribution in [3.63, 3.8) is 0 Å². The molecule has 0 amide bonds. The highest BCUT2D eigenvalue weighted by molar-refractivity contribution is 7.40. The van der Waals surface area contributed by atoms with Crippen molar-refractivity contribution < 1.29 is 9.09 Å². The SMILES string of the molecule is CCC(CC)[P+](=O)O[C@@](C)(CC)C[C@@H]1CCC(n2ccc(=O)[nH]c2=O)C1. The molecule has 0 radical (unpaired) electrons. The van der Waals surface area contributed by atoms with Crippen molar-refractivity contribution in [2.45, 2.75) is 89.9 Å². The zero-order chi connectivity index (χ0) is 19.3. The fourth-order valence-electron chi connectivity index (χ4n) is 3.94. The summed E-state index contributed by atoms with van der Waals surface area (Å²) >= 11 is 0. The second-order valence-electron chi connectivity index (χ2n) is 7.70. The summed E-state index contributed by atoms with van der Waals surface area (Å²) in [5.41, 5.74) is -0.981. The van der Waals surface area contributed by atoms with Gasteiger partial charge in [-0.1, -0.05) is 20.8 Å². The first-order valence-electron chi connectivity index (χ1n) is 9.78. The van der Waals surface area contributed by atoms with Crippen LogP contribution < -0.4 is 11.2 Å². The number of nitrogens with zero attached hydrogens (tertiary/aromatic N) is 1. The Labute approximate surface area is 156 Å². The van der Waals surface area contributed by atoms with Gasteiger partial charge in [-0.3, -0.25) is 14.3 Å². The predicted molar refractivity (Wildman–Crippen MR) is 104 cm³/mol. The second kappa shape index (κ2) is 9.09. The van der Waals surface area contributed by atoms with Gasteiger partial charge in [0.25, 0.3) is 5.56 Å². The van der Waals surface area contributed by atoms with Crippen LogP contribution in [0.4, 0.5) is 0 Å². The van der Waals surface area contributed by atoms with E-state index in [0.717, 1.165) is 44.9 Å². The van der Waals surface area contributed by atoms with Crippen molar-refractivity contribution in [3.05, 3.63) is 33.1 Å². The van der Waals surface area contributed by atoms with Crippen LogP contribution in [0.3, 0.4) is 0 Å². The van der Waals surface area contributed by atoms with Gasteiger partial charge in [-0.2, -0.15) is 0 Å². The minimum absolute atomic E-state index is 0.109. The summed E-state index contributed by atoms with van der Waals surface area (Å²) in [5.74, 6) is 0.425. The number of H-pyrrole nitrogens is 1. The molecule has 7 heteroatoms. The highest BCUT2D eigenvalue weighted by Crippen LogP contribution is 2.45. The summed E-state index contributed by atoms with van der Waals surface area (Å²) in [6, 6.07) is 1.51. The molecule has 0 spiro atoms. The van der Waals surface area contributed by atoms with E-state index in [-0.39, 0.29) is 22.9 Å². The van der Waals surface area contributed by atoms with Gasteiger partial charge in [-0.05, 0) is 62.4 Å². The van der Waals surface area contributed by atoms with Crippen LogP contribution in [-0.4, -0.2) is 20.8 Å². The van der Waals surface area contributed by atoms with Crippen LogP contribution in [0, 0.1) is 5.92 Å². The largest absolute Gasteiger partial charge is 0.511 e. The Bertz CT molecular complexity index is 725. The molecule has 1 fully saturated rings. The predicted octanol–water partition coefficient (Wildman–Crippen LogP) is 4.38. The highest BCUT2D eigenvalue weighted by atomic mass is 31.1. The van der Waals surface area contributed by atoms with Gasteiger partial charge < -0.3 is 0 Å². The zero-order valence-electron chi connectivity index (χ0n) is 16.4. The van der Waals surface area contributed by atoms with Gasteiger partial charge in [-0.25, -0.2) is 4.79 Å². The highest BCUT2D eigenvalue weighted by Gasteiger charge is 2.41. The molecule has 0 bridgehead atoms. The van der Waals surface area contributed by atoms with Crippen LogP contribution in [0.15, 0.2) is 21.9 Å². The number of nitrogens with one attached hydrogen (secondary N) is 1. The maximum atomic E-state index is 12.6.